The molecular weight excluding hydrogens is 328 g/mol. The summed E-state index contributed by atoms with van der Waals surface area (Å²) < 4.78 is 17.2. The Bertz CT molecular complexity index is 705. The van der Waals surface area contributed by atoms with Gasteiger partial charge in [0.1, 0.15) is 11.5 Å². The fourth-order valence-electron chi connectivity index (χ4n) is 3.13. The molecule has 0 aliphatic carbocycles. The van der Waals surface area contributed by atoms with Crippen LogP contribution in [0.4, 0.5) is 0 Å². The highest BCUT2D eigenvalue weighted by atomic mass is 16.5. The molecule has 2 heterocycles. The molecule has 5 heteroatoms. The van der Waals surface area contributed by atoms with Gasteiger partial charge in [-0.3, -0.25) is 9.88 Å². The zero-order chi connectivity index (χ0) is 18.2. The lowest BCUT2D eigenvalue weighted by molar-refractivity contribution is 0.0909. The minimum atomic E-state index is 0.700. The van der Waals surface area contributed by atoms with Crippen molar-refractivity contribution in [2.24, 2.45) is 0 Å². The van der Waals surface area contributed by atoms with Crippen molar-refractivity contribution in [1.29, 1.82) is 0 Å². The summed E-state index contributed by atoms with van der Waals surface area (Å²) in [4.78, 5) is 6.70. The van der Waals surface area contributed by atoms with E-state index < -0.39 is 0 Å². The third-order valence-corrected chi connectivity index (χ3v) is 4.50. The van der Waals surface area contributed by atoms with E-state index in [-0.39, 0.29) is 0 Å². The maximum Gasteiger partial charge on any atom is 0.127 e. The van der Waals surface area contributed by atoms with Gasteiger partial charge in [0.15, 0.2) is 0 Å². The zero-order valence-corrected chi connectivity index (χ0v) is 15.7. The van der Waals surface area contributed by atoms with E-state index in [4.69, 9.17) is 14.2 Å². The molecule has 0 spiro atoms. The summed E-state index contributed by atoms with van der Waals surface area (Å²) in [6.45, 7) is 6.82. The van der Waals surface area contributed by atoms with Crippen LogP contribution in [0.25, 0.3) is 0 Å². The lowest BCUT2D eigenvalue weighted by atomic mass is 10.1. The quantitative estimate of drug-likeness (QED) is 0.841. The molecule has 0 fully saturated rings. The van der Waals surface area contributed by atoms with Crippen molar-refractivity contribution < 1.29 is 14.2 Å². The molecule has 0 amide bonds. The smallest absolute Gasteiger partial charge is 0.127 e. The molecule has 0 saturated carbocycles. The number of benzene rings is 1. The lowest BCUT2D eigenvalue weighted by Crippen LogP contribution is -2.28. The Morgan fingerprint density at radius 1 is 1.12 bits per heavy atom. The molecule has 1 aromatic carbocycles. The highest BCUT2D eigenvalue weighted by Gasteiger charge is 2.13. The van der Waals surface area contributed by atoms with Crippen LogP contribution >= 0.6 is 0 Å². The molecule has 0 radical (unpaired) electrons. The van der Waals surface area contributed by atoms with Crippen LogP contribution in [-0.2, 0) is 17.8 Å². The van der Waals surface area contributed by atoms with Crippen LogP contribution in [0.2, 0.25) is 0 Å². The molecule has 3 rings (SSSR count). The number of fused-ring (bicyclic) bond motifs is 1. The molecule has 140 valence electrons. The highest BCUT2D eigenvalue weighted by Crippen LogP contribution is 2.27. The van der Waals surface area contributed by atoms with Crippen molar-refractivity contribution in [3.8, 4) is 11.5 Å². The van der Waals surface area contributed by atoms with E-state index >= 15 is 0 Å². The van der Waals surface area contributed by atoms with Crippen LogP contribution < -0.4 is 9.47 Å². The van der Waals surface area contributed by atoms with E-state index in [0.717, 1.165) is 57.2 Å². The largest absolute Gasteiger partial charge is 0.497 e. The summed E-state index contributed by atoms with van der Waals surface area (Å²) in [6, 6.07) is 8.28. The van der Waals surface area contributed by atoms with Crippen LogP contribution in [0, 0.1) is 6.92 Å². The van der Waals surface area contributed by atoms with Gasteiger partial charge in [-0.05, 0) is 37.0 Å². The van der Waals surface area contributed by atoms with Gasteiger partial charge in [0, 0.05) is 50.3 Å². The topological polar surface area (TPSA) is 43.8 Å². The minimum Gasteiger partial charge on any atom is -0.497 e. The summed E-state index contributed by atoms with van der Waals surface area (Å²) in [5.74, 6) is 1.74. The number of hydrogen-bond donors (Lipinski definition) is 0. The molecule has 1 aliphatic heterocycles. The second-order valence-corrected chi connectivity index (χ2v) is 6.72. The first kappa shape index (κ1) is 18.7. The second-order valence-electron chi connectivity index (χ2n) is 6.72. The Morgan fingerprint density at radius 2 is 2.00 bits per heavy atom. The van der Waals surface area contributed by atoms with Gasteiger partial charge in [0.05, 0.1) is 20.3 Å². The van der Waals surface area contributed by atoms with Crippen molar-refractivity contribution in [1.82, 2.24) is 9.88 Å². The molecule has 5 nitrogen and oxygen atoms in total. The van der Waals surface area contributed by atoms with Crippen LogP contribution in [0.1, 0.15) is 29.5 Å². The monoisotopic (exact) mass is 356 g/mol. The second kappa shape index (κ2) is 9.55. The molecule has 0 unspecified atom stereocenters. The molecular formula is C21H28N2O3. The average Bonchev–Trinajstić information content (AvgIpc) is 2.63. The van der Waals surface area contributed by atoms with Gasteiger partial charge in [-0.1, -0.05) is 12.1 Å². The molecule has 1 aliphatic rings. The predicted molar refractivity (Wildman–Crippen MR) is 102 cm³/mol. The van der Waals surface area contributed by atoms with Gasteiger partial charge < -0.3 is 14.2 Å². The Balaban J connectivity index is 1.81. The number of pyridine rings is 1. The number of aryl methyl sites for hydroxylation is 1. The van der Waals surface area contributed by atoms with E-state index in [2.05, 4.69) is 28.9 Å². The average molecular weight is 356 g/mol. The number of aromatic nitrogens is 1. The van der Waals surface area contributed by atoms with Crippen LogP contribution in [0.5, 0.6) is 11.5 Å². The maximum atomic E-state index is 6.05. The van der Waals surface area contributed by atoms with E-state index in [1.165, 1.54) is 16.7 Å². The van der Waals surface area contributed by atoms with E-state index in [1.807, 2.05) is 24.5 Å². The van der Waals surface area contributed by atoms with Crippen molar-refractivity contribution in [2.45, 2.75) is 32.9 Å². The standard InChI is InChI=1S/C21H28N2O3/c1-17-11-18(14-22-13-17)15-23-7-10-25-8-3-4-9-26-21-12-20(24-2)6-5-19(21)16-23/h5-6,11-14H,3-4,7-10,15-16H2,1-2H3. The van der Waals surface area contributed by atoms with E-state index in [1.54, 1.807) is 7.11 Å². The SMILES string of the molecule is COc1ccc2c(c1)OCCCCOCCN(Cc1cncc(C)c1)C2. The zero-order valence-electron chi connectivity index (χ0n) is 15.7. The summed E-state index contributed by atoms with van der Waals surface area (Å²) in [5, 5.41) is 0. The van der Waals surface area contributed by atoms with Gasteiger partial charge >= 0.3 is 0 Å². The molecule has 0 N–H and O–H groups in total. The Hall–Kier alpha value is -2.11. The Kier molecular flexibility index (Phi) is 6.86. The first-order valence-electron chi connectivity index (χ1n) is 9.25. The number of hydrogen-bond acceptors (Lipinski definition) is 5. The van der Waals surface area contributed by atoms with Gasteiger partial charge in [-0.2, -0.15) is 0 Å². The Labute approximate surface area is 155 Å². The number of rotatable bonds is 3. The molecule has 1 aromatic heterocycles. The summed E-state index contributed by atoms with van der Waals surface area (Å²) >= 11 is 0. The van der Waals surface area contributed by atoms with Gasteiger partial charge in [-0.25, -0.2) is 0 Å². The van der Waals surface area contributed by atoms with Crippen molar-refractivity contribution in [2.75, 3.05) is 33.5 Å². The fourth-order valence-corrected chi connectivity index (χ4v) is 3.13. The van der Waals surface area contributed by atoms with Gasteiger partial charge in [0.2, 0.25) is 0 Å². The van der Waals surface area contributed by atoms with Gasteiger partial charge in [0.25, 0.3) is 0 Å². The third-order valence-electron chi connectivity index (χ3n) is 4.50. The fraction of sp³-hybridized carbons (Fsp3) is 0.476. The number of ether oxygens (including phenoxy) is 3. The minimum absolute atomic E-state index is 0.700. The first-order chi connectivity index (χ1) is 12.7. The number of nitrogens with zero attached hydrogens (tertiary/aromatic N) is 2. The summed E-state index contributed by atoms with van der Waals surface area (Å²) in [7, 11) is 1.69. The maximum absolute atomic E-state index is 6.05. The highest BCUT2D eigenvalue weighted by molar-refractivity contribution is 5.40. The molecule has 2 aromatic rings. The predicted octanol–water partition coefficient (Wildman–Crippen LogP) is 3.59. The molecule has 26 heavy (non-hydrogen) atoms. The first-order valence-corrected chi connectivity index (χ1v) is 9.25. The van der Waals surface area contributed by atoms with Crippen LogP contribution in [0.3, 0.4) is 0 Å². The summed E-state index contributed by atoms with van der Waals surface area (Å²) in [6.07, 6.45) is 5.84. The van der Waals surface area contributed by atoms with Crippen molar-refractivity contribution in [3.63, 3.8) is 0 Å². The number of methoxy groups -OCH3 is 1. The van der Waals surface area contributed by atoms with E-state index in [9.17, 15) is 0 Å². The molecule has 0 bridgehead atoms. The Morgan fingerprint density at radius 3 is 2.85 bits per heavy atom. The third kappa shape index (κ3) is 5.44. The summed E-state index contributed by atoms with van der Waals surface area (Å²) in [5.41, 5.74) is 3.57. The molecule has 0 atom stereocenters. The lowest BCUT2D eigenvalue weighted by Gasteiger charge is -2.25. The van der Waals surface area contributed by atoms with E-state index in [0.29, 0.717) is 6.61 Å². The van der Waals surface area contributed by atoms with Crippen molar-refractivity contribution >= 4 is 0 Å². The normalized spacial score (nSPS) is 16.7. The van der Waals surface area contributed by atoms with Crippen LogP contribution in [0.15, 0.2) is 36.7 Å². The van der Waals surface area contributed by atoms with Crippen molar-refractivity contribution in [3.05, 3.63) is 53.3 Å². The van der Waals surface area contributed by atoms with Gasteiger partial charge in [-0.15, -0.1) is 0 Å². The van der Waals surface area contributed by atoms with Crippen LogP contribution in [-0.4, -0.2) is 43.4 Å². The molecule has 0 saturated heterocycles.